The van der Waals surface area contributed by atoms with E-state index in [9.17, 15) is 9.59 Å². The molecule has 1 N–H and O–H groups in total. The third kappa shape index (κ3) is 1.68. The Kier molecular flexibility index (Phi) is 2.58. The van der Waals surface area contributed by atoms with Gasteiger partial charge in [0, 0.05) is 18.7 Å². The van der Waals surface area contributed by atoms with Crippen LogP contribution in [0.5, 0.6) is 0 Å². The smallest absolute Gasteiger partial charge is 0.231 e. The van der Waals surface area contributed by atoms with Crippen molar-refractivity contribution >= 4 is 17.5 Å². The first-order valence-corrected chi connectivity index (χ1v) is 6.41. The molecule has 4 nitrogen and oxygen atoms in total. The van der Waals surface area contributed by atoms with Crippen LogP contribution in [0.25, 0.3) is 0 Å². The van der Waals surface area contributed by atoms with Crippen molar-refractivity contribution in [2.45, 2.75) is 32.2 Å². The molecular formula is C14H16N2O2. The van der Waals surface area contributed by atoms with Gasteiger partial charge in [0.25, 0.3) is 0 Å². The Hall–Kier alpha value is -1.84. The third-order valence-electron chi connectivity index (χ3n) is 3.75. The third-order valence-corrected chi connectivity index (χ3v) is 3.75. The van der Waals surface area contributed by atoms with E-state index in [4.69, 9.17) is 0 Å². The van der Waals surface area contributed by atoms with Gasteiger partial charge in [-0.25, -0.2) is 0 Å². The zero-order chi connectivity index (χ0) is 12.7. The number of carbonyl (C=O) groups is 2. The molecule has 94 valence electrons. The molecule has 2 aliphatic rings. The highest BCUT2D eigenvalue weighted by molar-refractivity contribution is 6.01. The molecule has 3 rings (SSSR count). The normalized spacial score (nSPS) is 22.3. The van der Waals surface area contributed by atoms with E-state index in [1.807, 2.05) is 24.0 Å². The van der Waals surface area contributed by atoms with Crippen molar-refractivity contribution in [3.8, 4) is 0 Å². The maximum atomic E-state index is 11.8. The predicted molar refractivity (Wildman–Crippen MR) is 68.3 cm³/mol. The van der Waals surface area contributed by atoms with Crippen molar-refractivity contribution in [2.75, 3.05) is 11.4 Å². The second-order valence-electron chi connectivity index (χ2n) is 4.86. The molecule has 18 heavy (non-hydrogen) atoms. The molecule has 1 aromatic rings. The summed E-state index contributed by atoms with van der Waals surface area (Å²) in [5.41, 5.74) is 3.22. The van der Waals surface area contributed by atoms with Gasteiger partial charge in [-0.05, 0) is 30.5 Å². The number of hydrogen-bond donors (Lipinski definition) is 1. The van der Waals surface area contributed by atoms with E-state index >= 15 is 0 Å². The average molecular weight is 244 g/mol. The quantitative estimate of drug-likeness (QED) is 0.858. The van der Waals surface area contributed by atoms with E-state index in [0.29, 0.717) is 19.4 Å². The van der Waals surface area contributed by atoms with Crippen LogP contribution < -0.4 is 10.2 Å². The summed E-state index contributed by atoms with van der Waals surface area (Å²) in [4.78, 5) is 24.9. The van der Waals surface area contributed by atoms with Crippen LogP contribution in [-0.2, 0) is 16.0 Å². The minimum absolute atomic E-state index is 0.117. The molecule has 1 unspecified atom stereocenters. The van der Waals surface area contributed by atoms with E-state index in [1.54, 1.807) is 0 Å². The van der Waals surface area contributed by atoms with E-state index in [1.165, 1.54) is 0 Å². The van der Waals surface area contributed by atoms with Crippen molar-refractivity contribution in [1.82, 2.24) is 5.32 Å². The zero-order valence-corrected chi connectivity index (χ0v) is 10.4. The van der Waals surface area contributed by atoms with Gasteiger partial charge in [-0.3, -0.25) is 9.59 Å². The average Bonchev–Trinajstić information content (AvgIpc) is 2.90. The summed E-state index contributed by atoms with van der Waals surface area (Å²) in [5, 5.41) is 2.96. The summed E-state index contributed by atoms with van der Waals surface area (Å²) in [7, 11) is 0. The number of benzene rings is 1. The van der Waals surface area contributed by atoms with Gasteiger partial charge < -0.3 is 10.2 Å². The van der Waals surface area contributed by atoms with Crippen molar-refractivity contribution in [1.29, 1.82) is 0 Å². The molecule has 1 atom stereocenters. The number of carbonyl (C=O) groups excluding carboxylic acids is 2. The largest absolute Gasteiger partial charge is 0.349 e. The summed E-state index contributed by atoms with van der Waals surface area (Å²) in [6.07, 6.45) is 1.93. The lowest BCUT2D eigenvalue weighted by molar-refractivity contribution is -0.119. The molecule has 2 amide bonds. The van der Waals surface area contributed by atoms with Gasteiger partial charge in [-0.2, -0.15) is 0 Å². The summed E-state index contributed by atoms with van der Waals surface area (Å²) < 4.78 is 0. The van der Waals surface area contributed by atoms with E-state index < -0.39 is 0 Å². The predicted octanol–water partition coefficient (Wildman–Crippen LogP) is 1.55. The van der Waals surface area contributed by atoms with Crippen LogP contribution >= 0.6 is 0 Å². The molecule has 0 radical (unpaired) electrons. The first-order valence-electron chi connectivity index (χ1n) is 6.41. The number of amides is 2. The summed E-state index contributed by atoms with van der Waals surface area (Å²) in [6, 6.07) is 6.22. The number of anilines is 1. The van der Waals surface area contributed by atoms with Crippen LogP contribution in [0.15, 0.2) is 18.2 Å². The van der Waals surface area contributed by atoms with E-state index in [-0.39, 0.29) is 17.9 Å². The second-order valence-corrected chi connectivity index (χ2v) is 4.86. The number of hydrogen-bond acceptors (Lipinski definition) is 2. The van der Waals surface area contributed by atoms with Crippen LogP contribution in [0, 0.1) is 0 Å². The fourth-order valence-corrected chi connectivity index (χ4v) is 2.83. The number of fused-ring (bicyclic) bond motifs is 1. The van der Waals surface area contributed by atoms with Crippen LogP contribution in [0.3, 0.4) is 0 Å². The fraction of sp³-hybridized carbons (Fsp3) is 0.429. The Labute approximate surface area is 106 Å². The molecule has 0 aromatic heterocycles. The molecule has 1 fully saturated rings. The lowest BCUT2D eigenvalue weighted by Gasteiger charge is -2.16. The summed E-state index contributed by atoms with van der Waals surface area (Å²) >= 11 is 0. The minimum atomic E-state index is 0.117. The molecule has 0 bridgehead atoms. The van der Waals surface area contributed by atoms with Gasteiger partial charge in [0.05, 0.1) is 12.5 Å². The lowest BCUT2D eigenvalue weighted by Crippen LogP contribution is -2.25. The van der Waals surface area contributed by atoms with Crippen molar-refractivity contribution in [3.05, 3.63) is 29.3 Å². The van der Waals surface area contributed by atoms with Gasteiger partial charge in [-0.15, -0.1) is 0 Å². The highest BCUT2D eigenvalue weighted by Gasteiger charge is 2.28. The molecule has 0 spiro atoms. The van der Waals surface area contributed by atoms with Crippen LogP contribution in [0.2, 0.25) is 0 Å². The Balaban J connectivity index is 1.91. The van der Waals surface area contributed by atoms with Gasteiger partial charge in [-0.1, -0.05) is 12.1 Å². The van der Waals surface area contributed by atoms with Crippen LogP contribution in [0.4, 0.5) is 5.69 Å². The first-order chi connectivity index (χ1) is 8.69. The second kappa shape index (κ2) is 4.12. The van der Waals surface area contributed by atoms with Crippen molar-refractivity contribution in [2.24, 2.45) is 0 Å². The topological polar surface area (TPSA) is 49.4 Å². The minimum Gasteiger partial charge on any atom is -0.349 e. The van der Waals surface area contributed by atoms with Gasteiger partial charge >= 0.3 is 0 Å². The molecule has 2 heterocycles. The number of nitrogens with one attached hydrogen (secondary N) is 1. The molecule has 0 aliphatic carbocycles. The Morgan fingerprint density at radius 1 is 1.39 bits per heavy atom. The molecule has 0 saturated carbocycles. The van der Waals surface area contributed by atoms with Crippen molar-refractivity contribution < 1.29 is 9.59 Å². The van der Waals surface area contributed by atoms with Crippen LogP contribution in [0.1, 0.15) is 36.9 Å². The van der Waals surface area contributed by atoms with Gasteiger partial charge in [0.2, 0.25) is 11.8 Å². The number of likely N-dealkylation sites (N-methyl/N-ethyl adjacent to an activating group) is 1. The number of nitrogens with zero attached hydrogens (tertiary/aromatic N) is 1. The lowest BCUT2D eigenvalue weighted by atomic mass is 10.0. The first kappa shape index (κ1) is 11.3. The molecule has 2 aliphatic heterocycles. The molecular weight excluding hydrogens is 228 g/mol. The summed E-state index contributed by atoms with van der Waals surface area (Å²) in [6.45, 7) is 2.70. The maximum absolute atomic E-state index is 11.8. The molecule has 1 aromatic carbocycles. The Morgan fingerprint density at radius 2 is 2.22 bits per heavy atom. The SMILES string of the molecule is CCN1C(=O)Cc2cc(C3CCC(=O)N3)ccc21. The van der Waals surface area contributed by atoms with Crippen LogP contribution in [-0.4, -0.2) is 18.4 Å². The maximum Gasteiger partial charge on any atom is 0.231 e. The summed E-state index contributed by atoms with van der Waals surface area (Å²) in [5.74, 6) is 0.284. The van der Waals surface area contributed by atoms with Crippen molar-refractivity contribution in [3.63, 3.8) is 0 Å². The van der Waals surface area contributed by atoms with E-state index in [2.05, 4.69) is 11.4 Å². The number of rotatable bonds is 2. The Bertz CT molecular complexity index is 525. The van der Waals surface area contributed by atoms with Gasteiger partial charge in [0.15, 0.2) is 0 Å². The highest BCUT2D eigenvalue weighted by Crippen LogP contribution is 2.33. The zero-order valence-electron chi connectivity index (χ0n) is 10.4. The van der Waals surface area contributed by atoms with Gasteiger partial charge in [0.1, 0.15) is 0 Å². The monoisotopic (exact) mass is 244 g/mol. The highest BCUT2D eigenvalue weighted by atomic mass is 16.2. The molecule has 1 saturated heterocycles. The fourth-order valence-electron chi connectivity index (χ4n) is 2.83. The Morgan fingerprint density at radius 3 is 2.89 bits per heavy atom. The molecule has 4 heteroatoms. The standard InChI is InChI=1S/C14H16N2O2/c1-2-16-12-5-3-9(7-10(12)8-14(16)18)11-4-6-13(17)15-11/h3,5,7,11H,2,4,6,8H2,1H3,(H,15,17). The van der Waals surface area contributed by atoms with E-state index in [0.717, 1.165) is 23.2 Å².